The molecule has 0 aliphatic heterocycles. The number of pyridine rings is 2. The van der Waals surface area contributed by atoms with E-state index in [1.54, 1.807) is 6.92 Å². The molecule has 0 bridgehead atoms. The summed E-state index contributed by atoms with van der Waals surface area (Å²) in [5.74, 6) is 0. The number of benzene rings is 4. The predicted octanol–water partition coefficient (Wildman–Crippen LogP) is 9.27. The number of aromatic nitrogens is 2. The van der Waals surface area contributed by atoms with Gasteiger partial charge in [-0.15, -0.1) is 78.4 Å². The van der Waals surface area contributed by atoms with Gasteiger partial charge in [0.1, 0.15) is 0 Å². The number of unbranched alkanes of at least 4 members (excludes halogenated alkanes) is 2. The Morgan fingerprint density at radius 3 is 1.60 bits per heavy atom. The van der Waals surface area contributed by atoms with Gasteiger partial charge in [-0.1, -0.05) is 73.2 Å². The molecule has 5 heteroatoms. The topological polar surface area (TPSA) is 66.2 Å². The summed E-state index contributed by atoms with van der Waals surface area (Å²) in [6, 6.07) is 46.7. The molecule has 6 rings (SSSR count). The first-order chi connectivity index (χ1) is 21.5. The number of hydrogen-bond acceptors (Lipinski definition) is 4. The molecule has 2 heterocycles. The van der Waals surface area contributed by atoms with Crippen LogP contribution in [0.25, 0.3) is 44.3 Å². The van der Waals surface area contributed by atoms with Gasteiger partial charge in [0.2, 0.25) is 0 Å². The fourth-order valence-corrected chi connectivity index (χ4v) is 4.72. The molecule has 1 radical (unpaired) electrons. The Hall–Kier alpha value is -3.99. The summed E-state index contributed by atoms with van der Waals surface area (Å²) in [7, 11) is 0. The maximum absolute atomic E-state index is 9.33. The molecule has 0 saturated heterocycles. The molecule has 0 aliphatic carbocycles. The Bertz CT molecular complexity index is 1590. The molecule has 0 amide bonds. The minimum atomic E-state index is -0.389. The first-order valence-electron chi connectivity index (χ1n) is 15.2. The largest absolute Gasteiger partial charge is 0.393 e. The van der Waals surface area contributed by atoms with Gasteiger partial charge in [-0.25, -0.2) is 0 Å². The van der Waals surface area contributed by atoms with E-state index >= 15 is 0 Å². The van der Waals surface area contributed by atoms with Crippen molar-refractivity contribution in [3.05, 3.63) is 146 Å². The van der Waals surface area contributed by atoms with E-state index in [0.29, 0.717) is 6.42 Å². The summed E-state index contributed by atoms with van der Waals surface area (Å²) in [5.41, 5.74) is 6.06. The second-order valence-corrected chi connectivity index (χ2v) is 10.6. The second-order valence-electron chi connectivity index (χ2n) is 10.6. The first kappa shape index (κ1) is 35.5. The van der Waals surface area contributed by atoms with Gasteiger partial charge >= 0.3 is 0 Å². The zero-order chi connectivity index (χ0) is 31.0. The van der Waals surface area contributed by atoms with Crippen LogP contribution in [-0.4, -0.2) is 32.4 Å². The average Bonchev–Trinajstić information content (AvgIpc) is 3.07. The minimum Gasteiger partial charge on any atom is -0.393 e. The van der Waals surface area contributed by atoms with Crippen LogP contribution in [0, 0.1) is 12.1 Å². The van der Waals surface area contributed by atoms with E-state index < -0.39 is 0 Å². The summed E-state index contributed by atoms with van der Waals surface area (Å²) in [6.45, 7) is 5.32. The third-order valence-corrected chi connectivity index (χ3v) is 6.98. The molecule has 6 aromatic rings. The molecule has 0 fully saturated rings. The summed E-state index contributed by atoms with van der Waals surface area (Å²) in [6.07, 6.45) is 5.56. The molecule has 2 atom stereocenters. The Morgan fingerprint density at radius 2 is 1.16 bits per heavy atom. The van der Waals surface area contributed by atoms with Crippen LogP contribution in [0.15, 0.2) is 134 Å². The Morgan fingerprint density at radius 1 is 0.667 bits per heavy atom. The normalized spacial score (nSPS) is 11.6. The van der Waals surface area contributed by atoms with Crippen LogP contribution < -0.4 is 0 Å². The summed E-state index contributed by atoms with van der Waals surface area (Å²) in [5, 5.41) is 20.6. The molecular formula is C40H40IrN2O2-2. The number of hydrogen-bond donors (Lipinski definition) is 2. The van der Waals surface area contributed by atoms with E-state index in [1.807, 2.05) is 103 Å². The number of aliphatic hydroxyl groups is 2. The molecule has 0 saturated carbocycles. The smallest absolute Gasteiger partial charge is 0.0595 e. The number of allylic oxidation sites excluding steroid dienone is 1. The van der Waals surface area contributed by atoms with Crippen LogP contribution in [0.2, 0.25) is 0 Å². The Balaban J connectivity index is 0.000000185. The molecule has 233 valence electrons. The van der Waals surface area contributed by atoms with E-state index in [-0.39, 0.29) is 32.3 Å². The molecule has 2 N–H and O–H groups in total. The van der Waals surface area contributed by atoms with Crippen molar-refractivity contribution in [2.45, 2.75) is 51.2 Å². The maximum Gasteiger partial charge on any atom is 0.0595 e. The van der Waals surface area contributed by atoms with Gasteiger partial charge in [-0.05, 0) is 66.9 Å². The standard InChI is InChI=1S/2C15H10N.C10H20O2.Ir/c2*1-2-6-12(7-3-1)15-11-10-13-8-4-5-9-14(13)16-15;1-3-4-5-6-7-10(12)8-9(2)11;/h2*1-6,8-11H;3,9-12H,1,4-8H2,2H3;/q2*-1;;. The molecule has 4 nitrogen and oxygen atoms in total. The Labute approximate surface area is 280 Å². The zero-order valence-corrected chi connectivity index (χ0v) is 28.0. The van der Waals surface area contributed by atoms with Gasteiger partial charge in [-0.2, -0.15) is 0 Å². The Kier molecular flexibility index (Phi) is 15.3. The van der Waals surface area contributed by atoms with Crippen LogP contribution in [0.5, 0.6) is 0 Å². The molecule has 0 aliphatic rings. The van der Waals surface area contributed by atoms with Crippen molar-refractivity contribution in [2.24, 2.45) is 0 Å². The van der Waals surface area contributed by atoms with Crippen LogP contribution in [-0.2, 0) is 20.1 Å². The zero-order valence-electron chi connectivity index (χ0n) is 25.6. The molecular weight excluding hydrogens is 733 g/mol. The van der Waals surface area contributed by atoms with Crippen molar-refractivity contribution in [3.63, 3.8) is 0 Å². The third-order valence-electron chi connectivity index (χ3n) is 6.98. The van der Waals surface area contributed by atoms with Gasteiger partial charge in [0.15, 0.2) is 0 Å². The van der Waals surface area contributed by atoms with Crippen molar-refractivity contribution in [2.75, 3.05) is 0 Å². The molecule has 45 heavy (non-hydrogen) atoms. The summed E-state index contributed by atoms with van der Waals surface area (Å²) in [4.78, 5) is 9.23. The molecule has 0 spiro atoms. The van der Waals surface area contributed by atoms with Crippen molar-refractivity contribution < 1.29 is 30.3 Å². The van der Waals surface area contributed by atoms with E-state index in [9.17, 15) is 5.11 Å². The minimum absolute atomic E-state index is 0. The second kappa shape index (κ2) is 19.4. The monoisotopic (exact) mass is 773 g/mol. The van der Waals surface area contributed by atoms with Gasteiger partial charge < -0.3 is 10.2 Å². The number of para-hydroxylation sites is 2. The van der Waals surface area contributed by atoms with Crippen molar-refractivity contribution in [1.82, 2.24) is 9.97 Å². The number of rotatable bonds is 9. The fraction of sp³-hybridized carbons (Fsp3) is 0.200. The van der Waals surface area contributed by atoms with E-state index in [4.69, 9.17) is 5.11 Å². The maximum atomic E-state index is 9.33. The van der Waals surface area contributed by atoms with Crippen molar-refractivity contribution >= 4 is 21.8 Å². The quantitative estimate of drug-likeness (QED) is 0.0874. The third kappa shape index (κ3) is 11.8. The molecule has 2 unspecified atom stereocenters. The number of aliphatic hydroxyl groups excluding tert-OH is 2. The van der Waals surface area contributed by atoms with Crippen LogP contribution >= 0.6 is 0 Å². The first-order valence-corrected chi connectivity index (χ1v) is 15.2. The summed E-state index contributed by atoms with van der Waals surface area (Å²) < 4.78 is 0. The van der Waals surface area contributed by atoms with E-state index in [2.05, 4.69) is 52.9 Å². The van der Waals surface area contributed by atoms with Gasteiger partial charge in [-0.3, -0.25) is 9.97 Å². The van der Waals surface area contributed by atoms with Crippen molar-refractivity contribution in [1.29, 1.82) is 0 Å². The van der Waals surface area contributed by atoms with Gasteiger partial charge in [0.05, 0.1) is 23.2 Å². The van der Waals surface area contributed by atoms with Crippen molar-refractivity contribution in [3.8, 4) is 22.5 Å². The molecule has 4 aromatic carbocycles. The van der Waals surface area contributed by atoms with Gasteiger partial charge in [0, 0.05) is 20.1 Å². The van der Waals surface area contributed by atoms with Crippen LogP contribution in [0.1, 0.15) is 39.0 Å². The molecule has 2 aromatic heterocycles. The van der Waals surface area contributed by atoms with Crippen LogP contribution in [0.4, 0.5) is 0 Å². The van der Waals surface area contributed by atoms with E-state index in [0.717, 1.165) is 59.2 Å². The van der Waals surface area contributed by atoms with Crippen LogP contribution in [0.3, 0.4) is 0 Å². The number of fused-ring (bicyclic) bond motifs is 2. The fourth-order valence-electron chi connectivity index (χ4n) is 4.72. The predicted molar refractivity (Wildman–Crippen MR) is 183 cm³/mol. The summed E-state index contributed by atoms with van der Waals surface area (Å²) >= 11 is 0. The van der Waals surface area contributed by atoms with Gasteiger partial charge in [0.25, 0.3) is 0 Å². The number of nitrogens with zero attached hydrogens (tertiary/aromatic N) is 2. The van der Waals surface area contributed by atoms with E-state index in [1.165, 1.54) is 10.8 Å². The SMILES string of the molecule is C=CCCCCC(O)CC(C)O.[Ir].[c-]1ccccc1-c1ccc2ccccc2n1.[c-]1ccccc1-c1ccc2ccccc2n1. The average molecular weight is 773 g/mol.